The lowest BCUT2D eigenvalue weighted by molar-refractivity contribution is 0.668. The minimum Gasteiger partial charge on any atom is -0.456 e. The highest BCUT2D eigenvalue weighted by Gasteiger charge is 2.26. The first-order valence-electron chi connectivity index (χ1n) is 22.4. The van der Waals surface area contributed by atoms with E-state index in [1.807, 2.05) is 30.3 Å². The molecule has 0 spiro atoms. The van der Waals surface area contributed by atoms with Crippen LogP contribution in [0.5, 0.6) is 0 Å². The summed E-state index contributed by atoms with van der Waals surface area (Å²) in [6.07, 6.45) is 0. The van der Waals surface area contributed by atoms with Gasteiger partial charge in [-0.15, -0.1) is 0 Å². The second-order valence-corrected chi connectivity index (χ2v) is 17.3. The molecule has 0 unspecified atom stereocenters. The standard InChI is InChI=1S/C62H34O4/c1-3-18-38-36(16-1)55(48-33-31-41(58-46-21-7-11-28-52(46)65-61(48)58)40-23-14-30-54-57(40)45-20-6-10-27-51(45)63-54)37-17-2-4-19-39(37)56(38)49-34-32-42(59-47-22-8-12-29-53(47)66-62(49)59)44-25-13-24-43-35-15-5-9-26-50(35)64-60(43)44/h1-34H. The third kappa shape index (κ3) is 4.82. The molecule has 306 valence electrons. The fourth-order valence-corrected chi connectivity index (χ4v) is 11.2. The maximum Gasteiger partial charge on any atom is 0.143 e. The Balaban J connectivity index is 1.02. The Morgan fingerprint density at radius 3 is 1.06 bits per heavy atom. The number of furan rings is 4. The van der Waals surface area contributed by atoms with Crippen molar-refractivity contribution in [3.8, 4) is 44.5 Å². The van der Waals surface area contributed by atoms with E-state index in [4.69, 9.17) is 17.7 Å². The molecule has 11 aromatic carbocycles. The van der Waals surface area contributed by atoms with Gasteiger partial charge in [-0.3, -0.25) is 0 Å². The average Bonchev–Trinajstić information content (AvgIpc) is 4.16. The van der Waals surface area contributed by atoms with Crippen LogP contribution in [0.1, 0.15) is 0 Å². The molecular weight excluding hydrogens is 809 g/mol. The highest BCUT2D eigenvalue weighted by atomic mass is 16.3. The van der Waals surface area contributed by atoms with E-state index in [0.717, 1.165) is 154 Å². The van der Waals surface area contributed by atoms with E-state index in [0.29, 0.717) is 0 Å². The molecule has 0 amide bonds. The highest BCUT2D eigenvalue weighted by Crippen LogP contribution is 2.52. The summed E-state index contributed by atoms with van der Waals surface area (Å²) in [7, 11) is 0. The SMILES string of the molecule is c1ccc2c(c1)oc1c(-c3ccc(-c4c5ccccc5c(-c5ccc(-c6cccc7oc8ccccc8c67)c6c5oc5ccccc56)c5ccccc45)c4oc5ccccc5c34)cccc12. The molecule has 4 nitrogen and oxygen atoms in total. The average molecular weight is 843 g/mol. The molecule has 0 aliphatic heterocycles. The molecule has 0 bridgehead atoms. The number of hydrogen-bond donors (Lipinski definition) is 0. The Morgan fingerprint density at radius 2 is 0.515 bits per heavy atom. The van der Waals surface area contributed by atoms with Crippen molar-refractivity contribution in [3.05, 3.63) is 206 Å². The van der Waals surface area contributed by atoms with Crippen molar-refractivity contribution < 1.29 is 17.7 Å². The summed E-state index contributed by atoms with van der Waals surface area (Å²) in [6.45, 7) is 0. The Bertz CT molecular complexity index is 4480. The van der Waals surface area contributed by atoms with Crippen LogP contribution in [0, 0.1) is 0 Å². The molecule has 66 heavy (non-hydrogen) atoms. The molecule has 0 N–H and O–H groups in total. The first kappa shape index (κ1) is 35.6. The van der Waals surface area contributed by atoms with Crippen molar-refractivity contribution in [1.82, 2.24) is 0 Å². The van der Waals surface area contributed by atoms with Gasteiger partial charge in [-0.05, 0) is 80.7 Å². The van der Waals surface area contributed by atoms with Crippen LogP contribution >= 0.6 is 0 Å². The fraction of sp³-hybridized carbons (Fsp3) is 0. The number of benzene rings is 11. The monoisotopic (exact) mass is 842 g/mol. The summed E-state index contributed by atoms with van der Waals surface area (Å²) < 4.78 is 27.1. The van der Waals surface area contributed by atoms with Crippen molar-refractivity contribution in [3.63, 3.8) is 0 Å². The third-order valence-electron chi connectivity index (χ3n) is 13.9. The Hall–Kier alpha value is -8.86. The molecule has 0 aliphatic rings. The highest BCUT2D eigenvalue weighted by molar-refractivity contribution is 6.29. The lowest BCUT2D eigenvalue weighted by Crippen LogP contribution is -1.93. The third-order valence-corrected chi connectivity index (χ3v) is 13.9. The van der Waals surface area contributed by atoms with Crippen LogP contribution in [0.15, 0.2) is 224 Å². The number of para-hydroxylation sites is 5. The van der Waals surface area contributed by atoms with Crippen LogP contribution in [-0.2, 0) is 0 Å². The first-order valence-corrected chi connectivity index (χ1v) is 22.4. The van der Waals surface area contributed by atoms with Gasteiger partial charge in [0, 0.05) is 70.9 Å². The summed E-state index contributed by atoms with van der Waals surface area (Å²) in [4.78, 5) is 0. The molecule has 0 radical (unpaired) electrons. The van der Waals surface area contributed by atoms with Crippen molar-refractivity contribution >= 4 is 109 Å². The zero-order valence-corrected chi connectivity index (χ0v) is 35.3. The van der Waals surface area contributed by atoms with Crippen LogP contribution in [0.2, 0.25) is 0 Å². The minimum absolute atomic E-state index is 0.842. The molecule has 4 heterocycles. The molecule has 4 heteroatoms. The molecule has 0 fully saturated rings. The topological polar surface area (TPSA) is 52.6 Å². The van der Waals surface area contributed by atoms with Gasteiger partial charge in [-0.2, -0.15) is 0 Å². The summed E-state index contributed by atoms with van der Waals surface area (Å²) in [5.41, 5.74) is 15.5. The van der Waals surface area contributed by atoms with Gasteiger partial charge in [0.1, 0.15) is 44.7 Å². The summed E-state index contributed by atoms with van der Waals surface area (Å²) in [6, 6.07) is 72.8. The summed E-state index contributed by atoms with van der Waals surface area (Å²) >= 11 is 0. The van der Waals surface area contributed by atoms with E-state index >= 15 is 0 Å². The number of fused-ring (bicyclic) bond motifs is 14. The van der Waals surface area contributed by atoms with E-state index in [-0.39, 0.29) is 0 Å². The second kappa shape index (κ2) is 13.3. The zero-order valence-electron chi connectivity index (χ0n) is 35.3. The van der Waals surface area contributed by atoms with Crippen molar-refractivity contribution in [2.24, 2.45) is 0 Å². The van der Waals surface area contributed by atoms with Gasteiger partial charge in [0.05, 0.1) is 0 Å². The van der Waals surface area contributed by atoms with E-state index in [2.05, 4.69) is 176 Å². The van der Waals surface area contributed by atoms with Gasteiger partial charge >= 0.3 is 0 Å². The quantitative estimate of drug-likeness (QED) is 0.166. The van der Waals surface area contributed by atoms with Gasteiger partial charge in [0.2, 0.25) is 0 Å². The van der Waals surface area contributed by atoms with Gasteiger partial charge < -0.3 is 17.7 Å². The Kier molecular flexibility index (Phi) is 7.19. The predicted octanol–water partition coefficient (Wildman–Crippen LogP) is 18.3. The van der Waals surface area contributed by atoms with Crippen molar-refractivity contribution in [1.29, 1.82) is 0 Å². The molecule has 15 aromatic rings. The normalized spacial score (nSPS) is 12.2. The first-order chi connectivity index (χ1) is 32.8. The lowest BCUT2D eigenvalue weighted by atomic mass is 9.84. The van der Waals surface area contributed by atoms with Crippen molar-refractivity contribution in [2.75, 3.05) is 0 Å². The van der Waals surface area contributed by atoms with Crippen molar-refractivity contribution in [2.45, 2.75) is 0 Å². The Morgan fingerprint density at radius 1 is 0.182 bits per heavy atom. The van der Waals surface area contributed by atoms with Gasteiger partial charge in [-0.25, -0.2) is 0 Å². The molecule has 15 rings (SSSR count). The maximum absolute atomic E-state index is 7.04. The van der Waals surface area contributed by atoms with E-state index in [9.17, 15) is 0 Å². The molecule has 0 atom stereocenters. The van der Waals surface area contributed by atoms with Crippen LogP contribution in [0.4, 0.5) is 0 Å². The molecule has 4 aromatic heterocycles. The number of rotatable bonds is 4. The van der Waals surface area contributed by atoms with E-state index in [1.54, 1.807) is 0 Å². The molecule has 0 saturated carbocycles. The molecule has 0 saturated heterocycles. The van der Waals surface area contributed by atoms with Crippen LogP contribution in [0.25, 0.3) is 154 Å². The minimum atomic E-state index is 0.842. The second-order valence-electron chi connectivity index (χ2n) is 17.3. The Labute approximate surface area is 376 Å². The zero-order chi connectivity index (χ0) is 43.0. The lowest BCUT2D eigenvalue weighted by Gasteiger charge is -2.19. The molecular formula is C62H34O4. The van der Waals surface area contributed by atoms with Gasteiger partial charge in [0.25, 0.3) is 0 Å². The largest absolute Gasteiger partial charge is 0.456 e. The fourth-order valence-electron chi connectivity index (χ4n) is 11.2. The summed E-state index contributed by atoms with van der Waals surface area (Å²) in [5.74, 6) is 0. The maximum atomic E-state index is 7.04. The molecule has 0 aliphatic carbocycles. The smallest absolute Gasteiger partial charge is 0.143 e. The van der Waals surface area contributed by atoms with E-state index < -0.39 is 0 Å². The van der Waals surface area contributed by atoms with Crippen LogP contribution in [-0.4, -0.2) is 0 Å². The van der Waals surface area contributed by atoms with Crippen LogP contribution < -0.4 is 0 Å². The van der Waals surface area contributed by atoms with Gasteiger partial charge in [0.15, 0.2) is 0 Å². The van der Waals surface area contributed by atoms with Crippen LogP contribution in [0.3, 0.4) is 0 Å². The number of hydrogen-bond acceptors (Lipinski definition) is 4. The van der Waals surface area contributed by atoms with Gasteiger partial charge in [-0.1, -0.05) is 164 Å². The summed E-state index contributed by atoms with van der Waals surface area (Å²) in [5, 5.41) is 13.2. The van der Waals surface area contributed by atoms with E-state index in [1.165, 1.54) is 0 Å². The predicted molar refractivity (Wildman–Crippen MR) is 272 cm³/mol.